The molecule has 0 bridgehead atoms. The Labute approximate surface area is 171 Å². The van der Waals surface area contributed by atoms with E-state index < -0.39 is 11.7 Å². The van der Waals surface area contributed by atoms with Gasteiger partial charge in [0.05, 0.1) is 17.3 Å². The maximum Gasteiger partial charge on any atom is 0.276 e. The van der Waals surface area contributed by atoms with Gasteiger partial charge in [0.1, 0.15) is 11.5 Å². The molecular weight excluding hydrogens is 397 g/mol. The first kappa shape index (κ1) is 18.9. The van der Waals surface area contributed by atoms with E-state index in [-0.39, 0.29) is 23.8 Å². The van der Waals surface area contributed by atoms with Crippen molar-refractivity contribution in [2.24, 2.45) is 0 Å². The van der Waals surface area contributed by atoms with Crippen molar-refractivity contribution in [3.05, 3.63) is 71.3 Å². The Kier molecular flexibility index (Phi) is 5.18. The molecule has 9 heteroatoms. The zero-order chi connectivity index (χ0) is 20.4. The molecule has 1 aliphatic rings. The van der Waals surface area contributed by atoms with Crippen LogP contribution in [0.3, 0.4) is 0 Å². The molecule has 2 aromatic carbocycles. The molecule has 3 aromatic rings. The minimum Gasteiger partial charge on any atom is -0.359 e. The first-order valence-corrected chi connectivity index (χ1v) is 9.32. The monoisotopic (exact) mass is 413 g/mol. The molecule has 0 spiro atoms. The van der Waals surface area contributed by atoms with Crippen LogP contribution >= 0.6 is 11.6 Å². The molecule has 1 aromatic heterocycles. The first-order valence-electron chi connectivity index (χ1n) is 8.94. The number of hydrogen-bond acceptors (Lipinski definition) is 4. The van der Waals surface area contributed by atoms with Gasteiger partial charge in [-0.2, -0.15) is 5.10 Å². The van der Waals surface area contributed by atoms with E-state index >= 15 is 0 Å². The van der Waals surface area contributed by atoms with Gasteiger partial charge in [-0.25, -0.2) is 9.07 Å². The van der Waals surface area contributed by atoms with Gasteiger partial charge in [-0.1, -0.05) is 23.7 Å². The Morgan fingerprint density at radius 3 is 2.76 bits per heavy atom. The lowest BCUT2D eigenvalue weighted by Gasteiger charge is -2.29. The summed E-state index contributed by atoms with van der Waals surface area (Å²) in [5.41, 5.74) is 1.61. The smallest absolute Gasteiger partial charge is 0.276 e. The molecule has 7 nitrogen and oxygen atoms in total. The van der Waals surface area contributed by atoms with Crippen molar-refractivity contribution in [2.75, 3.05) is 29.9 Å². The van der Waals surface area contributed by atoms with Crippen LogP contribution in [-0.4, -0.2) is 41.2 Å². The minimum absolute atomic E-state index is 0.0601. The van der Waals surface area contributed by atoms with E-state index in [2.05, 4.69) is 15.7 Å². The number of carbonyl (C=O) groups excluding carboxylic acids is 2. The molecule has 0 radical (unpaired) electrons. The number of anilines is 2. The van der Waals surface area contributed by atoms with Crippen LogP contribution in [-0.2, 0) is 4.79 Å². The van der Waals surface area contributed by atoms with Gasteiger partial charge in [0, 0.05) is 25.0 Å². The molecule has 148 valence electrons. The number of benzene rings is 2. The topological polar surface area (TPSA) is 79.3 Å². The molecule has 4 rings (SSSR count). The van der Waals surface area contributed by atoms with Crippen molar-refractivity contribution >= 4 is 34.8 Å². The van der Waals surface area contributed by atoms with Gasteiger partial charge >= 0.3 is 0 Å². The minimum atomic E-state index is -0.443. The van der Waals surface area contributed by atoms with Crippen LogP contribution in [0.25, 0.3) is 5.69 Å². The number of carbonyl (C=O) groups is 2. The molecule has 1 saturated heterocycles. The first-order chi connectivity index (χ1) is 14.0. The molecule has 1 fully saturated rings. The molecule has 2 heterocycles. The zero-order valence-electron chi connectivity index (χ0n) is 15.2. The van der Waals surface area contributed by atoms with Crippen LogP contribution in [0.4, 0.5) is 15.8 Å². The summed E-state index contributed by atoms with van der Waals surface area (Å²) in [5, 5.41) is 10.1. The van der Waals surface area contributed by atoms with Crippen molar-refractivity contribution in [3.63, 3.8) is 0 Å². The number of halogens is 2. The van der Waals surface area contributed by atoms with Crippen LogP contribution in [0.5, 0.6) is 0 Å². The number of nitrogens with one attached hydrogen (secondary N) is 2. The third-order valence-electron chi connectivity index (χ3n) is 4.51. The molecule has 0 saturated carbocycles. The SMILES string of the molecule is O=C1CN(c2ccc(NC(=O)c3ccn(-c4ccccc4F)n3)cc2Cl)CCN1. The van der Waals surface area contributed by atoms with E-state index in [1.54, 1.807) is 36.4 Å². The second-order valence-corrected chi connectivity index (χ2v) is 6.90. The molecule has 0 aliphatic carbocycles. The summed E-state index contributed by atoms with van der Waals surface area (Å²) in [6, 6.07) is 12.8. The molecule has 0 unspecified atom stereocenters. The van der Waals surface area contributed by atoms with Crippen LogP contribution < -0.4 is 15.5 Å². The summed E-state index contributed by atoms with van der Waals surface area (Å²) < 4.78 is 15.2. The predicted molar refractivity (Wildman–Crippen MR) is 108 cm³/mol. The summed E-state index contributed by atoms with van der Waals surface area (Å²) in [6.07, 6.45) is 1.52. The highest BCUT2D eigenvalue weighted by Crippen LogP contribution is 2.29. The van der Waals surface area contributed by atoms with Gasteiger partial charge < -0.3 is 15.5 Å². The summed E-state index contributed by atoms with van der Waals surface area (Å²) in [6.45, 7) is 1.45. The van der Waals surface area contributed by atoms with E-state index in [1.165, 1.54) is 23.0 Å². The Morgan fingerprint density at radius 2 is 2.00 bits per heavy atom. The fourth-order valence-electron chi connectivity index (χ4n) is 3.10. The van der Waals surface area contributed by atoms with Crippen molar-refractivity contribution < 1.29 is 14.0 Å². The van der Waals surface area contributed by atoms with Gasteiger partial charge in [-0.3, -0.25) is 9.59 Å². The maximum atomic E-state index is 13.9. The van der Waals surface area contributed by atoms with Gasteiger partial charge in [-0.15, -0.1) is 0 Å². The number of rotatable bonds is 4. The lowest BCUT2D eigenvalue weighted by molar-refractivity contribution is -0.120. The lowest BCUT2D eigenvalue weighted by atomic mass is 10.2. The summed E-state index contributed by atoms with van der Waals surface area (Å²) in [7, 11) is 0. The number of nitrogens with zero attached hydrogens (tertiary/aromatic N) is 3. The van der Waals surface area contributed by atoms with E-state index in [1.807, 2.05) is 4.90 Å². The molecule has 1 aliphatic heterocycles. The van der Waals surface area contributed by atoms with E-state index in [0.717, 1.165) is 5.69 Å². The standard InChI is InChI=1S/C20H17ClFN5O2/c21-14-11-13(5-6-17(14)26-10-8-23-19(28)12-26)24-20(29)16-7-9-27(25-16)18-4-2-1-3-15(18)22/h1-7,9,11H,8,10,12H2,(H,23,28)(H,24,29). The van der Waals surface area contributed by atoms with Crippen molar-refractivity contribution in [1.29, 1.82) is 0 Å². The molecule has 2 N–H and O–H groups in total. The van der Waals surface area contributed by atoms with Gasteiger partial charge in [-0.05, 0) is 36.4 Å². The van der Waals surface area contributed by atoms with E-state index in [4.69, 9.17) is 11.6 Å². The predicted octanol–water partition coefficient (Wildman–Crippen LogP) is 2.85. The van der Waals surface area contributed by atoms with Crippen LogP contribution in [0.2, 0.25) is 5.02 Å². The highest BCUT2D eigenvalue weighted by molar-refractivity contribution is 6.33. The number of hydrogen-bond donors (Lipinski definition) is 2. The average Bonchev–Trinajstić information content (AvgIpc) is 3.18. The highest BCUT2D eigenvalue weighted by Gasteiger charge is 2.19. The Morgan fingerprint density at radius 1 is 1.17 bits per heavy atom. The van der Waals surface area contributed by atoms with Crippen LogP contribution in [0.15, 0.2) is 54.7 Å². The molecule has 29 heavy (non-hydrogen) atoms. The largest absolute Gasteiger partial charge is 0.359 e. The number of amides is 2. The molecular formula is C20H17ClFN5O2. The van der Waals surface area contributed by atoms with Gasteiger partial charge in [0.25, 0.3) is 5.91 Å². The lowest BCUT2D eigenvalue weighted by Crippen LogP contribution is -2.47. The van der Waals surface area contributed by atoms with E-state index in [9.17, 15) is 14.0 Å². The third-order valence-corrected chi connectivity index (χ3v) is 4.81. The number of aromatic nitrogens is 2. The summed E-state index contributed by atoms with van der Waals surface area (Å²) in [5.74, 6) is -0.937. The Hall–Kier alpha value is -3.39. The Balaban J connectivity index is 1.48. The van der Waals surface area contributed by atoms with Crippen molar-refractivity contribution in [3.8, 4) is 5.69 Å². The second-order valence-electron chi connectivity index (χ2n) is 6.49. The highest BCUT2D eigenvalue weighted by atomic mass is 35.5. The quantitative estimate of drug-likeness (QED) is 0.689. The van der Waals surface area contributed by atoms with Gasteiger partial charge in [0.2, 0.25) is 5.91 Å². The number of para-hydroxylation sites is 1. The third kappa shape index (κ3) is 4.07. The summed E-state index contributed by atoms with van der Waals surface area (Å²) >= 11 is 6.36. The Bertz CT molecular complexity index is 1080. The fraction of sp³-hybridized carbons (Fsp3) is 0.150. The number of piperazine rings is 1. The van der Waals surface area contributed by atoms with Crippen LogP contribution in [0, 0.1) is 5.82 Å². The zero-order valence-corrected chi connectivity index (χ0v) is 16.0. The normalized spacial score (nSPS) is 13.9. The van der Waals surface area contributed by atoms with Crippen molar-refractivity contribution in [1.82, 2.24) is 15.1 Å². The van der Waals surface area contributed by atoms with Gasteiger partial charge in [0.15, 0.2) is 5.69 Å². The molecule has 0 atom stereocenters. The average molecular weight is 414 g/mol. The maximum absolute atomic E-state index is 13.9. The van der Waals surface area contributed by atoms with Crippen molar-refractivity contribution in [2.45, 2.75) is 0 Å². The summed E-state index contributed by atoms with van der Waals surface area (Å²) in [4.78, 5) is 25.9. The fourth-order valence-corrected chi connectivity index (χ4v) is 3.40. The second kappa shape index (κ2) is 7.92. The van der Waals surface area contributed by atoms with Crippen LogP contribution in [0.1, 0.15) is 10.5 Å². The van der Waals surface area contributed by atoms with E-state index in [0.29, 0.717) is 23.8 Å². The molecule has 2 amide bonds.